The SMILES string of the molecule is O=S(=O)=C(CCl)CCc1ccccc1. The van der Waals surface area contributed by atoms with E-state index in [0.29, 0.717) is 11.3 Å². The second-order valence-electron chi connectivity index (χ2n) is 2.89. The van der Waals surface area contributed by atoms with Crippen LogP contribution >= 0.6 is 11.6 Å². The maximum Gasteiger partial charge on any atom is 0.214 e. The molecular formula is C10H11ClO2S. The van der Waals surface area contributed by atoms with Crippen LogP contribution < -0.4 is 0 Å². The van der Waals surface area contributed by atoms with Crippen molar-refractivity contribution in [2.45, 2.75) is 12.8 Å². The van der Waals surface area contributed by atoms with Crippen LogP contribution in [0.15, 0.2) is 30.3 Å². The standard InChI is InChI=1S/C10H11ClO2S/c11-8-10(14(12)13)7-6-9-4-2-1-3-5-9/h1-5H,6-8H2. The molecule has 0 heterocycles. The highest BCUT2D eigenvalue weighted by atomic mass is 35.5. The van der Waals surface area contributed by atoms with Crippen molar-refractivity contribution in [2.75, 3.05) is 5.88 Å². The Hall–Kier alpha value is -0.800. The van der Waals surface area contributed by atoms with Crippen molar-refractivity contribution in [1.82, 2.24) is 0 Å². The fourth-order valence-corrected chi connectivity index (χ4v) is 1.88. The Morgan fingerprint density at radius 1 is 1.21 bits per heavy atom. The molecular weight excluding hydrogens is 220 g/mol. The largest absolute Gasteiger partial charge is 0.214 e. The fourth-order valence-electron chi connectivity index (χ4n) is 1.12. The summed E-state index contributed by atoms with van der Waals surface area (Å²) in [5.41, 5.74) is 1.13. The van der Waals surface area contributed by atoms with Crippen molar-refractivity contribution >= 4 is 26.8 Å². The van der Waals surface area contributed by atoms with Gasteiger partial charge in [-0.15, -0.1) is 11.6 Å². The van der Waals surface area contributed by atoms with E-state index in [1.807, 2.05) is 30.3 Å². The van der Waals surface area contributed by atoms with Gasteiger partial charge in [0.15, 0.2) is 0 Å². The molecule has 4 heteroatoms. The molecule has 2 nitrogen and oxygen atoms in total. The third-order valence-electron chi connectivity index (χ3n) is 1.92. The third-order valence-corrected chi connectivity index (χ3v) is 3.22. The van der Waals surface area contributed by atoms with Crippen LogP contribution in [0.5, 0.6) is 0 Å². The summed E-state index contributed by atoms with van der Waals surface area (Å²) in [6.45, 7) is 0. The topological polar surface area (TPSA) is 34.1 Å². The quantitative estimate of drug-likeness (QED) is 0.585. The van der Waals surface area contributed by atoms with E-state index >= 15 is 0 Å². The van der Waals surface area contributed by atoms with Gasteiger partial charge in [-0.2, -0.15) is 8.42 Å². The first-order valence-electron chi connectivity index (χ1n) is 4.28. The Balaban J connectivity index is 2.62. The zero-order valence-corrected chi connectivity index (χ0v) is 9.18. The predicted octanol–water partition coefficient (Wildman–Crippen LogP) is 1.91. The molecule has 0 aliphatic heterocycles. The summed E-state index contributed by atoms with van der Waals surface area (Å²) in [7, 11) is -2.14. The van der Waals surface area contributed by atoms with E-state index in [4.69, 9.17) is 11.6 Å². The van der Waals surface area contributed by atoms with E-state index in [9.17, 15) is 8.42 Å². The first-order valence-corrected chi connectivity index (χ1v) is 5.89. The second-order valence-corrected chi connectivity index (χ2v) is 4.21. The molecule has 1 aromatic rings. The normalized spacial score (nSPS) is 9.79. The van der Waals surface area contributed by atoms with Crippen molar-refractivity contribution in [3.8, 4) is 0 Å². The minimum absolute atomic E-state index is 0.0863. The molecule has 1 rings (SSSR count). The van der Waals surface area contributed by atoms with Crippen molar-refractivity contribution < 1.29 is 8.42 Å². The predicted molar refractivity (Wildman–Crippen MR) is 59.4 cm³/mol. The van der Waals surface area contributed by atoms with Crippen LogP contribution in [-0.2, 0) is 16.7 Å². The third kappa shape index (κ3) is 3.52. The Bertz CT molecular complexity index is 401. The van der Waals surface area contributed by atoms with Crippen LogP contribution in [0.2, 0.25) is 0 Å². The molecule has 0 amide bonds. The minimum atomic E-state index is -2.14. The van der Waals surface area contributed by atoms with Gasteiger partial charge in [0.25, 0.3) is 0 Å². The van der Waals surface area contributed by atoms with Gasteiger partial charge in [-0.05, 0) is 18.4 Å². The molecule has 0 unspecified atom stereocenters. The Labute approximate surface area is 90.1 Å². The molecule has 0 bridgehead atoms. The zero-order valence-electron chi connectivity index (χ0n) is 7.61. The molecule has 0 radical (unpaired) electrons. The fraction of sp³-hybridized carbons (Fsp3) is 0.300. The molecule has 0 N–H and O–H groups in total. The summed E-state index contributed by atoms with van der Waals surface area (Å²) in [5, 5.41) is 0. The number of alkyl halides is 1. The van der Waals surface area contributed by atoms with Crippen LogP contribution in [-0.4, -0.2) is 19.2 Å². The molecule has 0 aliphatic rings. The number of hydrogen-bond donors (Lipinski definition) is 0. The summed E-state index contributed by atoms with van der Waals surface area (Å²) in [5.74, 6) is 0.0863. The van der Waals surface area contributed by atoms with Crippen LogP contribution in [0.3, 0.4) is 0 Å². The maximum atomic E-state index is 10.6. The molecule has 0 saturated carbocycles. The lowest BCUT2D eigenvalue weighted by Gasteiger charge is -1.99. The number of benzene rings is 1. The van der Waals surface area contributed by atoms with Gasteiger partial charge in [0.2, 0.25) is 10.3 Å². The summed E-state index contributed by atoms with van der Waals surface area (Å²) >= 11 is 5.50. The van der Waals surface area contributed by atoms with Gasteiger partial charge in [-0.3, -0.25) is 0 Å². The van der Waals surface area contributed by atoms with Crippen LogP contribution in [0.1, 0.15) is 12.0 Å². The molecule has 0 aliphatic carbocycles. The van der Waals surface area contributed by atoms with E-state index in [2.05, 4.69) is 0 Å². The lowest BCUT2D eigenvalue weighted by Crippen LogP contribution is -2.03. The van der Waals surface area contributed by atoms with E-state index < -0.39 is 10.3 Å². The zero-order chi connectivity index (χ0) is 10.4. The molecule has 14 heavy (non-hydrogen) atoms. The van der Waals surface area contributed by atoms with Crippen molar-refractivity contribution in [1.29, 1.82) is 0 Å². The van der Waals surface area contributed by atoms with Crippen molar-refractivity contribution in [2.24, 2.45) is 0 Å². The number of aryl methyl sites for hydroxylation is 1. The van der Waals surface area contributed by atoms with E-state index in [1.54, 1.807) is 0 Å². The highest BCUT2D eigenvalue weighted by Gasteiger charge is 2.00. The van der Waals surface area contributed by atoms with Gasteiger partial charge in [-0.25, -0.2) is 0 Å². The van der Waals surface area contributed by atoms with Crippen LogP contribution in [0, 0.1) is 0 Å². The lowest BCUT2D eigenvalue weighted by atomic mass is 10.1. The van der Waals surface area contributed by atoms with Gasteiger partial charge >= 0.3 is 0 Å². The summed E-state index contributed by atoms with van der Waals surface area (Å²) in [4.78, 5) is 0.371. The molecule has 0 saturated heterocycles. The van der Waals surface area contributed by atoms with Crippen molar-refractivity contribution in [3.63, 3.8) is 0 Å². The molecule has 0 atom stereocenters. The van der Waals surface area contributed by atoms with Gasteiger partial charge in [0, 0.05) is 0 Å². The molecule has 0 aromatic heterocycles. The lowest BCUT2D eigenvalue weighted by molar-refractivity contribution is 0.626. The first kappa shape index (κ1) is 11.3. The summed E-state index contributed by atoms with van der Waals surface area (Å²) in [6, 6.07) is 9.74. The molecule has 76 valence electrons. The highest BCUT2D eigenvalue weighted by molar-refractivity contribution is 7.73. The average Bonchev–Trinajstić information content (AvgIpc) is 2.20. The number of hydrogen-bond acceptors (Lipinski definition) is 2. The van der Waals surface area contributed by atoms with Crippen molar-refractivity contribution in [3.05, 3.63) is 35.9 Å². The Morgan fingerprint density at radius 3 is 2.36 bits per heavy atom. The number of halogens is 1. The molecule has 1 aromatic carbocycles. The van der Waals surface area contributed by atoms with Gasteiger partial charge in [0.05, 0.1) is 10.7 Å². The summed E-state index contributed by atoms with van der Waals surface area (Å²) < 4.78 is 21.3. The smallest absolute Gasteiger partial charge is 0.185 e. The molecule has 0 spiro atoms. The van der Waals surface area contributed by atoms with Gasteiger partial charge in [-0.1, -0.05) is 30.3 Å². The van der Waals surface area contributed by atoms with Crippen LogP contribution in [0.4, 0.5) is 0 Å². The van der Waals surface area contributed by atoms with E-state index in [0.717, 1.165) is 12.0 Å². The minimum Gasteiger partial charge on any atom is -0.185 e. The Kier molecular flexibility index (Phi) is 4.70. The first-order chi connectivity index (χ1) is 6.74. The summed E-state index contributed by atoms with van der Waals surface area (Å²) in [6.07, 6.45) is 1.22. The Morgan fingerprint density at radius 2 is 1.86 bits per heavy atom. The second kappa shape index (κ2) is 5.83. The highest BCUT2D eigenvalue weighted by Crippen LogP contribution is 2.03. The number of rotatable bonds is 4. The van der Waals surface area contributed by atoms with Gasteiger partial charge < -0.3 is 0 Å². The average molecular weight is 231 g/mol. The van der Waals surface area contributed by atoms with Gasteiger partial charge in [0.1, 0.15) is 0 Å². The van der Waals surface area contributed by atoms with E-state index in [1.165, 1.54) is 0 Å². The maximum absolute atomic E-state index is 10.6. The monoisotopic (exact) mass is 230 g/mol. The van der Waals surface area contributed by atoms with E-state index in [-0.39, 0.29) is 5.88 Å². The van der Waals surface area contributed by atoms with Crippen LogP contribution in [0.25, 0.3) is 0 Å². The molecule has 0 fully saturated rings.